The van der Waals surface area contributed by atoms with Gasteiger partial charge in [0.2, 0.25) is 0 Å². The number of para-hydroxylation sites is 1. The van der Waals surface area contributed by atoms with Crippen LogP contribution in [0.25, 0.3) is 11.1 Å². The Bertz CT molecular complexity index is 640. The van der Waals surface area contributed by atoms with Gasteiger partial charge in [-0.2, -0.15) is 4.98 Å². The molecule has 1 aliphatic rings. The zero-order valence-corrected chi connectivity index (χ0v) is 11.2. The van der Waals surface area contributed by atoms with E-state index in [4.69, 9.17) is 4.42 Å². The summed E-state index contributed by atoms with van der Waals surface area (Å²) < 4.78 is 5.67. The summed E-state index contributed by atoms with van der Waals surface area (Å²) in [6.07, 6.45) is 2.17. The van der Waals surface area contributed by atoms with E-state index in [1.807, 2.05) is 11.9 Å². The van der Waals surface area contributed by atoms with Gasteiger partial charge in [0.25, 0.3) is 11.7 Å². The van der Waals surface area contributed by atoms with Gasteiger partial charge in [0.15, 0.2) is 11.1 Å². The van der Waals surface area contributed by atoms with Crippen LogP contribution in [0.2, 0.25) is 0 Å². The lowest BCUT2D eigenvalue weighted by Crippen LogP contribution is -2.44. The van der Waals surface area contributed by atoms with E-state index >= 15 is 0 Å². The Morgan fingerprint density at radius 1 is 1.55 bits per heavy atom. The van der Waals surface area contributed by atoms with E-state index in [9.17, 15) is 10.1 Å². The van der Waals surface area contributed by atoms with Crippen LogP contribution >= 0.6 is 0 Å². The minimum Gasteiger partial charge on any atom is -0.423 e. The maximum absolute atomic E-state index is 11.0. The maximum Gasteiger partial charge on any atom is 0.298 e. The van der Waals surface area contributed by atoms with Crippen molar-refractivity contribution in [1.29, 1.82) is 0 Å². The molecule has 1 saturated heterocycles. The fourth-order valence-electron chi connectivity index (χ4n) is 2.59. The molecule has 1 atom stereocenters. The second-order valence-electron chi connectivity index (χ2n) is 4.95. The molecule has 20 heavy (non-hydrogen) atoms. The second kappa shape index (κ2) is 5.09. The van der Waals surface area contributed by atoms with Crippen LogP contribution in [0.15, 0.2) is 22.6 Å². The highest BCUT2D eigenvalue weighted by Crippen LogP contribution is 2.30. The third kappa shape index (κ3) is 2.20. The Balaban J connectivity index is 1.96. The number of rotatable bonds is 3. The summed E-state index contributed by atoms with van der Waals surface area (Å²) >= 11 is 0. The molecule has 1 N–H and O–H groups in total. The number of aromatic nitrogens is 1. The molecule has 1 aromatic carbocycles. The van der Waals surface area contributed by atoms with E-state index in [1.165, 1.54) is 6.07 Å². The van der Waals surface area contributed by atoms with E-state index in [0.717, 1.165) is 25.9 Å². The number of hydrogen-bond acceptors (Lipinski definition) is 6. The molecule has 0 aliphatic carbocycles. The third-order valence-electron chi connectivity index (χ3n) is 3.68. The first kappa shape index (κ1) is 12.9. The number of oxazole rings is 1. The second-order valence-corrected chi connectivity index (χ2v) is 4.95. The van der Waals surface area contributed by atoms with Crippen LogP contribution in [0.1, 0.15) is 12.8 Å². The Labute approximate surface area is 115 Å². The van der Waals surface area contributed by atoms with Crippen molar-refractivity contribution < 1.29 is 9.34 Å². The average molecular weight is 276 g/mol. The van der Waals surface area contributed by atoms with Crippen molar-refractivity contribution in [1.82, 2.24) is 10.3 Å². The Morgan fingerprint density at radius 3 is 3.15 bits per heavy atom. The quantitative estimate of drug-likeness (QED) is 0.681. The Morgan fingerprint density at radius 2 is 2.40 bits per heavy atom. The summed E-state index contributed by atoms with van der Waals surface area (Å²) in [7, 11) is 1.94. The summed E-state index contributed by atoms with van der Waals surface area (Å²) in [6.45, 7) is 1.66. The summed E-state index contributed by atoms with van der Waals surface area (Å²) in [4.78, 5) is 16.9. The number of anilines is 1. The number of fused-ring (bicyclic) bond motifs is 1. The molecule has 0 spiro atoms. The first-order valence-corrected chi connectivity index (χ1v) is 6.65. The van der Waals surface area contributed by atoms with Gasteiger partial charge in [0, 0.05) is 25.2 Å². The van der Waals surface area contributed by atoms with Gasteiger partial charge in [-0.25, -0.2) is 0 Å². The van der Waals surface area contributed by atoms with Gasteiger partial charge in [0.05, 0.1) is 4.92 Å². The van der Waals surface area contributed by atoms with Crippen LogP contribution < -0.4 is 10.2 Å². The van der Waals surface area contributed by atoms with Gasteiger partial charge in [-0.1, -0.05) is 6.07 Å². The van der Waals surface area contributed by atoms with E-state index in [-0.39, 0.29) is 5.69 Å². The van der Waals surface area contributed by atoms with Crippen molar-refractivity contribution in [3.63, 3.8) is 0 Å². The lowest BCUT2D eigenvalue weighted by atomic mass is 10.1. The maximum atomic E-state index is 11.0. The van der Waals surface area contributed by atoms with Crippen molar-refractivity contribution in [2.75, 3.05) is 25.0 Å². The van der Waals surface area contributed by atoms with E-state index < -0.39 is 4.92 Å². The van der Waals surface area contributed by atoms with Crippen LogP contribution in [0, 0.1) is 10.1 Å². The highest BCUT2D eigenvalue weighted by atomic mass is 16.6. The number of nitrogens with one attached hydrogen (secondary N) is 1. The van der Waals surface area contributed by atoms with Crippen LogP contribution in [0.4, 0.5) is 11.7 Å². The third-order valence-corrected chi connectivity index (χ3v) is 3.68. The molecule has 106 valence electrons. The zero-order valence-electron chi connectivity index (χ0n) is 11.2. The predicted octanol–water partition coefficient (Wildman–Crippen LogP) is 1.92. The number of nitro groups is 1. The van der Waals surface area contributed by atoms with Crippen molar-refractivity contribution in [3.05, 3.63) is 28.3 Å². The van der Waals surface area contributed by atoms with Crippen molar-refractivity contribution in [2.24, 2.45) is 0 Å². The van der Waals surface area contributed by atoms with Crippen LogP contribution in [-0.2, 0) is 0 Å². The van der Waals surface area contributed by atoms with Gasteiger partial charge in [-0.3, -0.25) is 10.1 Å². The van der Waals surface area contributed by atoms with Crippen molar-refractivity contribution in [3.8, 4) is 0 Å². The molecular weight excluding hydrogens is 260 g/mol. The lowest BCUT2D eigenvalue weighted by Gasteiger charge is -2.31. The minimum atomic E-state index is -0.429. The van der Waals surface area contributed by atoms with Gasteiger partial charge in [-0.05, 0) is 26.0 Å². The number of non-ortho nitro benzene ring substituents is 1. The van der Waals surface area contributed by atoms with Crippen LogP contribution in [0.3, 0.4) is 0 Å². The molecule has 0 radical (unpaired) electrons. The van der Waals surface area contributed by atoms with E-state index in [0.29, 0.717) is 23.2 Å². The monoisotopic (exact) mass is 276 g/mol. The standard InChI is InChI=1S/C13H16N4O3/c1-14-9-4-3-7-16(8-9)13-15-12-10(17(18)19)5-2-6-11(12)20-13/h2,5-6,9,14H,3-4,7-8H2,1H3. The zero-order chi connectivity index (χ0) is 14.1. The Kier molecular flexibility index (Phi) is 3.27. The highest BCUT2D eigenvalue weighted by molar-refractivity contribution is 5.84. The summed E-state index contributed by atoms with van der Waals surface area (Å²) in [5, 5.41) is 14.2. The van der Waals surface area contributed by atoms with Gasteiger partial charge < -0.3 is 14.6 Å². The van der Waals surface area contributed by atoms with Gasteiger partial charge >= 0.3 is 0 Å². The molecule has 7 heteroatoms. The first-order valence-electron chi connectivity index (χ1n) is 6.65. The predicted molar refractivity (Wildman–Crippen MR) is 75.0 cm³/mol. The molecule has 0 amide bonds. The molecule has 1 unspecified atom stereocenters. The molecule has 0 bridgehead atoms. The first-order chi connectivity index (χ1) is 9.69. The van der Waals surface area contributed by atoms with E-state index in [1.54, 1.807) is 12.1 Å². The highest BCUT2D eigenvalue weighted by Gasteiger charge is 2.24. The molecule has 2 aromatic rings. The fourth-order valence-corrected chi connectivity index (χ4v) is 2.59. The molecule has 2 heterocycles. The van der Waals surface area contributed by atoms with Crippen LogP contribution in [-0.4, -0.2) is 36.1 Å². The molecular formula is C13H16N4O3. The number of nitrogens with zero attached hydrogens (tertiary/aromatic N) is 3. The lowest BCUT2D eigenvalue weighted by molar-refractivity contribution is -0.383. The van der Waals surface area contributed by atoms with Crippen molar-refractivity contribution >= 4 is 22.8 Å². The van der Waals surface area contributed by atoms with E-state index in [2.05, 4.69) is 10.3 Å². The summed E-state index contributed by atoms with van der Waals surface area (Å²) in [6, 6.07) is 5.63. The van der Waals surface area contributed by atoms with Gasteiger partial charge in [-0.15, -0.1) is 0 Å². The number of nitro benzene ring substituents is 1. The molecule has 1 aromatic heterocycles. The van der Waals surface area contributed by atoms with Crippen LogP contribution in [0.5, 0.6) is 0 Å². The Hall–Kier alpha value is -2.15. The number of benzene rings is 1. The number of hydrogen-bond donors (Lipinski definition) is 1. The summed E-state index contributed by atoms with van der Waals surface area (Å²) in [5.74, 6) is 0. The topological polar surface area (TPSA) is 84.4 Å². The van der Waals surface area contributed by atoms with Gasteiger partial charge in [0.1, 0.15) is 0 Å². The largest absolute Gasteiger partial charge is 0.423 e. The minimum absolute atomic E-state index is 0.0142. The molecule has 7 nitrogen and oxygen atoms in total. The molecule has 3 rings (SSSR count). The number of piperidine rings is 1. The average Bonchev–Trinajstić information content (AvgIpc) is 2.91. The number of likely N-dealkylation sites (N-methyl/N-ethyl adjacent to an activating group) is 1. The normalized spacial score (nSPS) is 19.4. The SMILES string of the molecule is CNC1CCCN(c2nc3c([N+](=O)[O-])cccc3o2)C1. The molecule has 1 fully saturated rings. The fraction of sp³-hybridized carbons (Fsp3) is 0.462. The molecule has 0 saturated carbocycles. The smallest absolute Gasteiger partial charge is 0.298 e. The molecule has 1 aliphatic heterocycles. The summed E-state index contributed by atoms with van der Waals surface area (Å²) in [5.41, 5.74) is 0.763. The van der Waals surface area contributed by atoms with Crippen molar-refractivity contribution in [2.45, 2.75) is 18.9 Å².